The normalized spacial score (nSPS) is 16.2. The first-order valence-electron chi connectivity index (χ1n) is 12.6. The van der Waals surface area contributed by atoms with Gasteiger partial charge >= 0.3 is 17.9 Å². The molecule has 3 aromatic rings. The first-order chi connectivity index (χ1) is 19.0. The summed E-state index contributed by atoms with van der Waals surface area (Å²) in [5, 5.41) is 29.7. The smallest absolute Gasteiger partial charge is 0.339 e. The van der Waals surface area contributed by atoms with Crippen LogP contribution in [0.25, 0.3) is 11.1 Å². The van der Waals surface area contributed by atoms with Crippen molar-refractivity contribution in [1.82, 2.24) is 0 Å². The molecule has 0 saturated heterocycles. The van der Waals surface area contributed by atoms with Crippen LogP contribution in [-0.4, -0.2) is 45.6 Å². The van der Waals surface area contributed by atoms with Crippen LogP contribution in [0.3, 0.4) is 0 Å². The lowest BCUT2D eigenvalue weighted by molar-refractivity contribution is 0.0229. The van der Waals surface area contributed by atoms with Crippen molar-refractivity contribution in [1.29, 1.82) is 0 Å². The van der Waals surface area contributed by atoms with E-state index in [4.69, 9.17) is 27.9 Å². The third kappa shape index (κ3) is 6.13. The molecule has 40 heavy (non-hydrogen) atoms. The minimum atomic E-state index is -1.53. The monoisotopic (exact) mass is 584 g/mol. The van der Waals surface area contributed by atoms with E-state index in [2.05, 4.69) is 6.92 Å². The van der Waals surface area contributed by atoms with Crippen LogP contribution in [-0.2, 0) is 11.2 Å². The molecule has 4 rings (SSSR count). The summed E-state index contributed by atoms with van der Waals surface area (Å²) in [5.74, 6) is -4.47. The van der Waals surface area contributed by atoms with Gasteiger partial charge in [-0.25, -0.2) is 14.4 Å². The van der Waals surface area contributed by atoms with Gasteiger partial charge in [0.25, 0.3) is 0 Å². The molecular formula is C30H26Cl2O8. The highest BCUT2D eigenvalue weighted by Gasteiger charge is 2.31. The average molecular weight is 585 g/mol. The predicted molar refractivity (Wildman–Crippen MR) is 149 cm³/mol. The van der Waals surface area contributed by atoms with Crippen LogP contribution in [0.15, 0.2) is 48.5 Å². The Morgan fingerprint density at radius 2 is 1.55 bits per heavy atom. The summed E-state index contributed by atoms with van der Waals surface area (Å²) < 4.78 is 5.61. The van der Waals surface area contributed by atoms with Crippen LogP contribution in [0.1, 0.15) is 73.2 Å². The van der Waals surface area contributed by atoms with Gasteiger partial charge in [0.1, 0.15) is 11.3 Å². The van der Waals surface area contributed by atoms with Crippen molar-refractivity contribution in [2.75, 3.05) is 6.61 Å². The Morgan fingerprint density at radius 3 is 2.15 bits per heavy atom. The van der Waals surface area contributed by atoms with E-state index < -0.39 is 52.6 Å². The van der Waals surface area contributed by atoms with E-state index in [1.807, 2.05) is 0 Å². The lowest BCUT2D eigenvalue weighted by Gasteiger charge is -2.35. The molecular weight excluding hydrogens is 559 g/mol. The minimum absolute atomic E-state index is 0.115. The number of carboxylic acid groups (broad SMARTS) is 2. The number of esters is 1. The molecule has 3 aromatic carbocycles. The van der Waals surface area contributed by atoms with E-state index in [0.717, 1.165) is 31.4 Å². The second kappa shape index (κ2) is 12.1. The van der Waals surface area contributed by atoms with Crippen molar-refractivity contribution in [3.63, 3.8) is 0 Å². The van der Waals surface area contributed by atoms with Gasteiger partial charge in [-0.05, 0) is 72.2 Å². The van der Waals surface area contributed by atoms with Gasteiger partial charge < -0.3 is 20.1 Å². The number of ketones is 1. The fraction of sp³-hybridized carbons (Fsp3) is 0.267. The minimum Gasteiger partial charge on any atom is -0.507 e. The SMILES string of the molecule is CCC1CCC1COC(=O)c1ccc(-c2ccc(Cl)cc2Cl)cc1CC(=O)c1cc(C(=O)O)c(O)cc1C(=O)O. The average Bonchev–Trinajstić information content (AvgIpc) is 2.87. The number of benzene rings is 3. The number of halogens is 2. The summed E-state index contributed by atoms with van der Waals surface area (Å²) in [6, 6.07) is 11.2. The molecule has 0 radical (unpaired) electrons. The molecule has 0 bridgehead atoms. The number of carbonyl (C=O) groups excluding carboxylic acids is 2. The third-order valence-corrected chi connectivity index (χ3v) is 7.89. The Kier molecular flexibility index (Phi) is 8.81. The maximum atomic E-state index is 13.4. The number of phenols is 1. The van der Waals surface area contributed by atoms with E-state index in [0.29, 0.717) is 27.1 Å². The Bertz CT molecular complexity index is 1510. The Hall–Kier alpha value is -3.88. The number of aromatic hydroxyl groups is 1. The Balaban J connectivity index is 1.73. The topological polar surface area (TPSA) is 138 Å². The summed E-state index contributed by atoms with van der Waals surface area (Å²) in [6.07, 6.45) is 2.60. The quantitative estimate of drug-likeness (QED) is 0.175. The third-order valence-electron chi connectivity index (χ3n) is 7.34. The van der Waals surface area contributed by atoms with Crippen LogP contribution < -0.4 is 0 Å². The van der Waals surface area contributed by atoms with Gasteiger partial charge in [-0.1, -0.05) is 48.7 Å². The number of carboxylic acids is 2. The van der Waals surface area contributed by atoms with Gasteiger partial charge in [-0.15, -0.1) is 0 Å². The van der Waals surface area contributed by atoms with E-state index in [1.165, 1.54) is 6.07 Å². The zero-order valence-electron chi connectivity index (χ0n) is 21.4. The number of carbonyl (C=O) groups is 4. The molecule has 8 nitrogen and oxygen atoms in total. The van der Waals surface area contributed by atoms with Gasteiger partial charge in [0, 0.05) is 27.6 Å². The van der Waals surface area contributed by atoms with Crippen molar-refractivity contribution in [3.8, 4) is 16.9 Å². The molecule has 1 fully saturated rings. The number of rotatable bonds is 10. The van der Waals surface area contributed by atoms with Crippen molar-refractivity contribution in [2.45, 2.75) is 32.6 Å². The molecule has 10 heteroatoms. The van der Waals surface area contributed by atoms with E-state index in [1.54, 1.807) is 30.3 Å². The van der Waals surface area contributed by atoms with E-state index in [9.17, 15) is 34.5 Å². The Morgan fingerprint density at radius 1 is 0.850 bits per heavy atom. The second-order valence-electron chi connectivity index (χ2n) is 9.73. The number of aromatic carboxylic acids is 2. The molecule has 0 amide bonds. The van der Waals surface area contributed by atoms with Gasteiger partial charge in [0.05, 0.1) is 17.7 Å². The molecule has 0 heterocycles. The fourth-order valence-corrected chi connectivity index (χ4v) is 5.44. The highest BCUT2D eigenvalue weighted by Crippen LogP contribution is 2.37. The molecule has 1 aliphatic rings. The van der Waals surface area contributed by atoms with Crippen LogP contribution in [0, 0.1) is 11.8 Å². The van der Waals surface area contributed by atoms with E-state index >= 15 is 0 Å². The molecule has 208 valence electrons. The number of hydrogen-bond donors (Lipinski definition) is 3. The van der Waals surface area contributed by atoms with Crippen molar-refractivity contribution < 1.29 is 39.2 Å². The summed E-state index contributed by atoms with van der Waals surface area (Å²) in [5.41, 5.74) is -0.100. The fourth-order valence-electron chi connectivity index (χ4n) is 4.92. The molecule has 0 spiro atoms. The van der Waals surface area contributed by atoms with Crippen molar-refractivity contribution >= 4 is 46.9 Å². The van der Waals surface area contributed by atoms with Gasteiger partial charge in [-0.3, -0.25) is 4.79 Å². The second-order valence-corrected chi connectivity index (χ2v) is 10.6. The van der Waals surface area contributed by atoms with Crippen LogP contribution in [0.4, 0.5) is 0 Å². The predicted octanol–water partition coefficient (Wildman–Crippen LogP) is 6.78. The highest BCUT2D eigenvalue weighted by molar-refractivity contribution is 6.36. The molecule has 1 saturated carbocycles. The Labute approximate surface area is 240 Å². The molecule has 2 atom stereocenters. The number of hydrogen-bond acceptors (Lipinski definition) is 6. The lowest BCUT2D eigenvalue weighted by atomic mass is 9.73. The van der Waals surface area contributed by atoms with E-state index in [-0.39, 0.29) is 23.7 Å². The highest BCUT2D eigenvalue weighted by atomic mass is 35.5. The molecule has 3 N–H and O–H groups in total. The maximum absolute atomic E-state index is 13.4. The molecule has 0 aromatic heterocycles. The largest absolute Gasteiger partial charge is 0.507 e. The maximum Gasteiger partial charge on any atom is 0.339 e. The van der Waals surface area contributed by atoms with Gasteiger partial charge in [-0.2, -0.15) is 0 Å². The van der Waals surface area contributed by atoms with Crippen molar-refractivity contribution in [3.05, 3.63) is 86.4 Å². The summed E-state index contributed by atoms with van der Waals surface area (Å²) >= 11 is 12.4. The number of ether oxygens (including phenoxy) is 1. The number of Topliss-reactive ketones (excluding diaryl/α,β-unsaturated/α-hetero) is 1. The summed E-state index contributed by atoms with van der Waals surface area (Å²) in [7, 11) is 0. The first kappa shape index (κ1) is 29.1. The van der Waals surface area contributed by atoms with Gasteiger partial charge in [0.2, 0.25) is 0 Å². The molecule has 1 aliphatic carbocycles. The van der Waals surface area contributed by atoms with Crippen LogP contribution in [0.5, 0.6) is 5.75 Å². The first-order valence-corrected chi connectivity index (χ1v) is 13.4. The lowest BCUT2D eigenvalue weighted by Crippen LogP contribution is -2.30. The standard InChI is InChI=1S/C30H26Cl2O8/c1-2-15-3-4-17(15)14-40-30(39)21-7-5-16(20-8-6-19(31)11-25(20)32)9-18(21)10-26(33)22-12-24(29(37)38)27(34)13-23(22)28(35)36/h5-9,11-13,15,17,34H,2-4,10,14H2,1H3,(H,35,36)(H,37,38). The van der Waals surface area contributed by atoms with Gasteiger partial charge in [0.15, 0.2) is 5.78 Å². The molecule has 0 aliphatic heterocycles. The van der Waals surface area contributed by atoms with Crippen LogP contribution in [0.2, 0.25) is 10.0 Å². The molecule has 2 unspecified atom stereocenters. The van der Waals surface area contributed by atoms with Crippen LogP contribution >= 0.6 is 23.2 Å². The summed E-state index contributed by atoms with van der Waals surface area (Å²) in [4.78, 5) is 49.9. The summed E-state index contributed by atoms with van der Waals surface area (Å²) in [6.45, 7) is 2.34. The zero-order chi connectivity index (χ0) is 29.1. The van der Waals surface area contributed by atoms with Crippen molar-refractivity contribution in [2.24, 2.45) is 11.8 Å². The zero-order valence-corrected chi connectivity index (χ0v) is 23.0.